The van der Waals surface area contributed by atoms with Crippen molar-refractivity contribution < 1.29 is 28.5 Å². The average molecular weight is 195 g/mol. The second-order valence-corrected chi connectivity index (χ2v) is 5.34. The maximum absolute atomic E-state index is 10.6. The second-order valence-electron chi connectivity index (χ2n) is 2.11. The van der Waals surface area contributed by atoms with Crippen LogP contribution in [0.2, 0.25) is 0 Å². The molecule has 0 spiro atoms. The van der Waals surface area contributed by atoms with Crippen molar-refractivity contribution in [3.63, 3.8) is 0 Å². The Kier molecular flexibility index (Phi) is 1.62. The van der Waals surface area contributed by atoms with Gasteiger partial charge in [-0.05, 0) is 0 Å². The summed E-state index contributed by atoms with van der Waals surface area (Å²) in [6, 6.07) is 6.65. The standard InChI is InChI=1S/C6H5.Cr.2H2O.2O/c1-2-4-6-5-3-1;;;;;/h1-5H;;2*1H2;;/q;+2;;;;/p-2. The fraction of sp³-hybridized carbons (Fsp3) is 0. The van der Waals surface area contributed by atoms with Crippen molar-refractivity contribution in [1.29, 1.82) is 0 Å². The van der Waals surface area contributed by atoms with Crippen LogP contribution >= 0.6 is 0 Å². The number of benzene rings is 1. The predicted octanol–water partition coefficient (Wildman–Crippen LogP) is -0.493. The molecule has 2 N–H and O–H groups in total. The fourth-order valence-electron chi connectivity index (χ4n) is 0.653. The van der Waals surface area contributed by atoms with Crippen LogP contribution in [0.4, 0.5) is 0 Å². The van der Waals surface area contributed by atoms with Gasteiger partial charge >= 0.3 is 63.2 Å². The van der Waals surface area contributed by atoms with Gasteiger partial charge in [0.15, 0.2) is 0 Å². The van der Waals surface area contributed by atoms with Crippen molar-refractivity contribution in [2.24, 2.45) is 0 Å². The van der Waals surface area contributed by atoms with Gasteiger partial charge in [0.2, 0.25) is 0 Å². The van der Waals surface area contributed by atoms with Crippen LogP contribution in [0.5, 0.6) is 0 Å². The van der Waals surface area contributed by atoms with E-state index < -0.39 is 17.0 Å². The van der Waals surface area contributed by atoms with E-state index in [1.54, 1.807) is 6.07 Å². The first-order valence-corrected chi connectivity index (χ1v) is 5.63. The maximum atomic E-state index is 10.6. The molecule has 0 saturated heterocycles. The third-order valence-electron chi connectivity index (χ3n) is 1.15. The van der Waals surface area contributed by atoms with Gasteiger partial charge in [0, 0.05) is 0 Å². The number of rotatable bonds is 1. The van der Waals surface area contributed by atoms with E-state index in [4.69, 9.17) is 8.32 Å². The molecule has 0 aliphatic heterocycles. The molecule has 0 saturated carbocycles. The Balaban J connectivity index is 3.38. The van der Waals surface area contributed by atoms with Crippen LogP contribution in [0.15, 0.2) is 30.3 Å². The molecule has 0 fully saturated rings. The molecule has 61 valence electrons. The summed E-state index contributed by atoms with van der Waals surface area (Å²) >= 11 is -6.37. The van der Waals surface area contributed by atoms with Crippen LogP contribution < -0.4 is 4.43 Å². The van der Waals surface area contributed by atoms with Crippen LogP contribution in [0, 0.1) is 0 Å². The van der Waals surface area contributed by atoms with E-state index in [1.165, 1.54) is 12.1 Å². The fourth-order valence-corrected chi connectivity index (χ4v) is 1.63. The Labute approximate surface area is 63.8 Å². The molecule has 0 aliphatic carbocycles. The van der Waals surface area contributed by atoms with Crippen LogP contribution in [-0.4, -0.2) is 8.32 Å². The zero-order valence-corrected chi connectivity index (χ0v) is 6.78. The molecule has 0 bridgehead atoms. The normalized spacial score (nSPS) is 15.3. The van der Waals surface area contributed by atoms with E-state index in [0.29, 0.717) is 0 Å². The third-order valence-corrected chi connectivity index (χ3v) is 2.83. The van der Waals surface area contributed by atoms with Gasteiger partial charge in [-0.1, -0.05) is 0 Å². The molecule has 0 amide bonds. The summed E-state index contributed by atoms with van der Waals surface area (Å²) in [4.78, 5) is 0. The van der Waals surface area contributed by atoms with Crippen molar-refractivity contribution in [3.8, 4) is 0 Å². The minimum atomic E-state index is -6.37. The Hall–Kier alpha value is -0.728. The van der Waals surface area contributed by atoms with Gasteiger partial charge in [0.25, 0.3) is 0 Å². The number of hydrogen-bond acceptors (Lipinski definition) is 2. The van der Waals surface area contributed by atoms with Crippen molar-refractivity contribution in [2.75, 3.05) is 0 Å². The van der Waals surface area contributed by atoms with Gasteiger partial charge in [-0.2, -0.15) is 0 Å². The summed E-state index contributed by atoms with van der Waals surface area (Å²) in [5, 5.41) is 0. The zero-order valence-electron chi connectivity index (χ0n) is 5.51. The summed E-state index contributed by atoms with van der Waals surface area (Å²) < 4.78 is 37.9. The Morgan fingerprint density at radius 1 is 1.00 bits per heavy atom. The molecule has 1 rings (SSSR count). The minimum absolute atomic E-state index is 0.451. The van der Waals surface area contributed by atoms with Crippen molar-refractivity contribution in [1.82, 2.24) is 0 Å². The molecule has 1 aromatic carbocycles. The molecule has 0 aliphatic rings. The number of hydrogen-bond donors (Lipinski definition) is 2. The molecule has 5 heteroatoms. The Morgan fingerprint density at radius 2 is 1.45 bits per heavy atom. The molecule has 4 nitrogen and oxygen atoms in total. The molecular weight excluding hydrogens is 188 g/mol. The van der Waals surface area contributed by atoms with Gasteiger partial charge in [-0.25, -0.2) is 0 Å². The molecule has 0 aromatic heterocycles. The molecule has 11 heavy (non-hydrogen) atoms. The van der Waals surface area contributed by atoms with Gasteiger partial charge in [0.05, 0.1) is 0 Å². The first-order chi connectivity index (χ1) is 4.86. The Morgan fingerprint density at radius 3 is 1.73 bits per heavy atom. The van der Waals surface area contributed by atoms with E-state index >= 15 is 0 Å². The van der Waals surface area contributed by atoms with Crippen LogP contribution in [0.3, 0.4) is 0 Å². The monoisotopic (exact) mass is 195 g/mol. The zero-order chi connectivity index (χ0) is 8.56. The van der Waals surface area contributed by atoms with E-state index in [2.05, 4.69) is 0 Å². The topological polar surface area (TPSA) is 74.6 Å². The van der Waals surface area contributed by atoms with Crippen LogP contribution in [0.1, 0.15) is 0 Å². The molecular formula is C6H7CrO4. The Bertz CT molecular complexity index is 364. The molecule has 0 radical (unpaired) electrons. The molecule has 0 unspecified atom stereocenters. The van der Waals surface area contributed by atoms with E-state index in [1.807, 2.05) is 0 Å². The summed E-state index contributed by atoms with van der Waals surface area (Å²) in [6.07, 6.45) is 0. The van der Waals surface area contributed by atoms with E-state index in [-0.39, 0.29) is 0 Å². The van der Waals surface area contributed by atoms with E-state index in [9.17, 15) is 7.61 Å². The predicted molar refractivity (Wildman–Crippen MR) is 31.9 cm³/mol. The summed E-state index contributed by atoms with van der Waals surface area (Å²) in [6.45, 7) is 0. The molecule has 1 aromatic rings. The van der Waals surface area contributed by atoms with Crippen molar-refractivity contribution in [3.05, 3.63) is 30.3 Å². The molecule has 0 atom stereocenters. The first-order valence-electron chi connectivity index (χ1n) is 2.81. The summed E-state index contributed by atoms with van der Waals surface area (Å²) in [7, 11) is 0. The van der Waals surface area contributed by atoms with Crippen LogP contribution in [0.25, 0.3) is 0 Å². The first kappa shape index (κ1) is 8.37. The average Bonchev–Trinajstić information content (AvgIpc) is 1.86. The van der Waals surface area contributed by atoms with Gasteiger partial charge in [-0.15, -0.1) is 0 Å². The quantitative estimate of drug-likeness (QED) is 0.633. The van der Waals surface area contributed by atoms with Gasteiger partial charge in [-0.3, -0.25) is 0 Å². The second kappa shape index (κ2) is 2.13. The van der Waals surface area contributed by atoms with Gasteiger partial charge < -0.3 is 0 Å². The summed E-state index contributed by atoms with van der Waals surface area (Å²) in [5.41, 5.74) is 0. The summed E-state index contributed by atoms with van der Waals surface area (Å²) in [5.74, 6) is 0. The molecule has 0 heterocycles. The van der Waals surface area contributed by atoms with Crippen molar-refractivity contribution in [2.45, 2.75) is 0 Å². The van der Waals surface area contributed by atoms with E-state index in [0.717, 1.165) is 12.1 Å². The van der Waals surface area contributed by atoms with Crippen LogP contribution in [-0.2, 0) is 20.1 Å². The van der Waals surface area contributed by atoms with Crippen molar-refractivity contribution >= 4 is 4.43 Å². The third kappa shape index (κ3) is 2.10. The SMILES string of the molecule is [O]=[Cr](=[O])([OH])([OH])[c]1ccccc1. The van der Waals surface area contributed by atoms with Gasteiger partial charge in [0.1, 0.15) is 0 Å².